The van der Waals surface area contributed by atoms with E-state index in [0.29, 0.717) is 5.69 Å². The molecule has 2 aliphatic heterocycles. The minimum Gasteiger partial charge on any atom is -0.296 e. The topological polar surface area (TPSA) is 40.6 Å². The predicted molar refractivity (Wildman–Crippen MR) is 88.0 cm³/mol. The summed E-state index contributed by atoms with van der Waals surface area (Å²) in [6.07, 6.45) is 5.60. The Balaban J connectivity index is 1.69. The van der Waals surface area contributed by atoms with E-state index in [2.05, 4.69) is 0 Å². The molecule has 4 nitrogen and oxygen atoms in total. The van der Waals surface area contributed by atoms with Crippen LogP contribution in [-0.2, 0) is 4.79 Å². The largest absolute Gasteiger partial charge is 0.333 e. The fraction of sp³-hybridized carbons (Fsp3) is 0.529. The van der Waals surface area contributed by atoms with E-state index in [1.165, 1.54) is 11.3 Å². The number of carbonyl (C=O) groups excluding carboxylic acids is 2. The molecule has 1 saturated carbocycles. The third-order valence-corrected chi connectivity index (χ3v) is 6.72. The van der Waals surface area contributed by atoms with E-state index in [-0.39, 0.29) is 22.9 Å². The Morgan fingerprint density at radius 1 is 1.09 bits per heavy atom. The number of thioether (sulfide) groups is 1. The number of aryl methyl sites for hydroxylation is 1. The Morgan fingerprint density at radius 2 is 1.77 bits per heavy atom. The van der Waals surface area contributed by atoms with E-state index in [1.807, 2.05) is 47.9 Å². The van der Waals surface area contributed by atoms with Crippen molar-refractivity contribution in [2.24, 2.45) is 0 Å². The maximum absolute atomic E-state index is 13.0. The van der Waals surface area contributed by atoms with E-state index in [9.17, 15) is 9.59 Å². The highest BCUT2D eigenvalue weighted by molar-refractivity contribution is 8.01. The third-order valence-electron chi connectivity index (χ3n) is 5.09. The van der Waals surface area contributed by atoms with Crippen molar-refractivity contribution >= 4 is 29.4 Å². The Bertz CT molecular complexity index is 622. The van der Waals surface area contributed by atoms with Crippen molar-refractivity contribution in [1.82, 2.24) is 4.90 Å². The smallest absolute Gasteiger partial charge is 0.296 e. The summed E-state index contributed by atoms with van der Waals surface area (Å²) in [5.74, 6) is 0.691. The van der Waals surface area contributed by atoms with Crippen molar-refractivity contribution in [2.75, 3.05) is 10.7 Å². The summed E-state index contributed by atoms with van der Waals surface area (Å²) in [6, 6.07) is 7.25. The van der Waals surface area contributed by atoms with E-state index in [4.69, 9.17) is 0 Å². The molecule has 3 fully saturated rings. The lowest BCUT2D eigenvalue weighted by molar-refractivity contribution is -0.119. The number of hydrogen-bond donors (Lipinski definition) is 0. The van der Waals surface area contributed by atoms with Gasteiger partial charge < -0.3 is 0 Å². The molecule has 0 unspecified atom stereocenters. The zero-order valence-electron chi connectivity index (χ0n) is 12.7. The van der Waals surface area contributed by atoms with Crippen LogP contribution >= 0.6 is 11.8 Å². The Hall–Kier alpha value is -1.49. The second-order valence-electron chi connectivity index (χ2n) is 6.50. The molecular formula is C17H20N2O2S. The van der Waals surface area contributed by atoms with Crippen LogP contribution in [0.1, 0.15) is 37.7 Å². The van der Waals surface area contributed by atoms with E-state index >= 15 is 0 Å². The Labute approximate surface area is 134 Å². The highest BCUT2D eigenvalue weighted by Crippen LogP contribution is 2.51. The molecule has 3 aliphatic rings. The molecule has 1 aromatic rings. The van der Waals surface area contributed by atoms with E-state index in [1.54, 1.807) is 0 Å². The van der Waals surface area contributed by atoms with Crippen LogP contribution in [0.15, 0.2) is 24.3 Å². The van der Waals surface area contributed by atoms with Gasteiger partial charge in [0.05, 0.1) is 10.6 Å². The average molecular weight is 316 g/mol. The lowest BCUT2D eigenvalue weighted by atomic mass is 9.93. The van der Waals surface area contributed by atoms with Gasteiger partial charge in [0.2, 0.25) is 0 Å². The first-order chi connectivity index (χ1) is 10.6. The molecule has 0 bridgehead atoms. The van der Waals surface area contributed by atoms with Gasteiger partial charge >= 0.3 is 6.03 Å². The van der Waals surface area contributed by atoms with Crippen LogP contribution in [0, 0.1) is 6.92 Å². The van der Waals surface area contributed by atoms with Crippen molar-refractivity contribution < 1.29 is 9.59 Å². The van der Waals surface area contributed by atoms with Crippen molar-refractivity contribution in [2.45, 2.75) is 49.9 Å². The summed E-state index contributed by atoms with van der Waals surface area (Å²) < 4.78 is 0. The number of benzene rings is 1. The van der Waals surface area contributed by atoms with Crippen molar-refractivity contribution in [1.29, 1.82) is 0 Å². The number of urea groups is 1. The third kappa shape index (κ3) is 1.91. The van der Waals surface area contributed by atoms with Gasteiger partial charge in [-0.25, -0.2) is 9.69 Å². The number of fused-ring (bicyclic) bond motifs is 2. The molecule has 1 spiro atoms. The number of imide groups is 1. The molecule has 0 N–H and O–H groups in total. The minimum absolute atomic E-state index is 0.0520. The van der Waals surface area contributed by atoms with Crippen LogP contribution in [0.4, 0.5) is 10.5 Å². The van der Waals surface area contributed by atoms with Gasteiger partial charge in [0, 0.05) is 5.75 Å². The zero-order valence-corrected chi connectivity index (χ0v) is 13.6. The molecule has 116 valence electrons. The first kappa shape index (κ1) is 14.1. The SMILES string of the molecule is Cc1ccc(N2C(=O)[C@@H]3CSC4(CCCCC4)N3C2=O)cc1. The number of anilines is 1. The summed E-state index contributed by atoms with van der Waals surface area (Å²) in [7, 11) is 0. The lowest BCUT2D eigenvalue weighted by Gasteiger charge is -2.39. The number of amides is 3. The molecule has 0 radical (unpaired) electrons. The summed E-state index contributed by atoms with van der Waals surface area (Å²) in [5, 5.41) is 0. The Morgan fingerprint density at radius 3 is 2.45 bits per heavy atom. The molecule has 0 aromatic heterocycles. The molecule has 3 amide bonds. The molecule has 4 rings (SSSR count). The monoisotopic (exact) mass is 316 g/mol. The number of nitrogens with zero attached hydrogens (tertiary/aromatic N) is 2. The first-order valence-electron chi connectivity index (χ1n) is 8.00. The molecule has 1 aliphatic carbocycles. The molecule has 22 heavy (non-hydrogen) atoms. The van der Waals surface area contributed by atoms with Gasteiger partial charge in [-0.2, -0.15) is 0 Å². The average Bonchev–Trinajstić information content (AvgIpc) is 3.00. The summed E-state index contributed by atoms with van der Waals surface area (Å²) in [6.45, 7) is 2.00. The van der Waals surface area contributed by atoms with Gasteiger partial charge in [-0.15, -0.1) is 11.8 Å². The highest BCUT2D eigenvalue weighted by atomic mass is 32.2. The summed E-state index contributed by atoms with van der Waals surface area (Å²) in [4.78, 5) is 28.9. The first-order valence-corrected chi connectivity index (χ1v) is 8.99. The number of rotatable bonds is 1. The summed E-state index contributed by atoms with van der Waals surface area (Å²) in [5.41, 5.74) is 1.83. The van der Waals surface area contributed by atoms with Gasteiger partial charge in [0.1, 0.15) is 6.04 Å². The second kappa shape index (κ2) is 5.01. The van der Waals surface area contributed by atoms with Crippen LogP contribution in [-0.4, -0.2) is 33.5 Å². The van der Waals surface area contributed by atoms with Crippen LogP contribution in [0.25, 0.3) is 0 Å². The molecule has 2 saturated heterocycles. The minimum atomic E-state index is -0.267. The fourth-order valence-corrected chi connectivity index (χ4v) is 5.61. The molecule has 2 heterocycles. The second-order valence-corrected chi connectivity index (χ2v) is 7.88. The fourth-order valence-electron chi connectivity index (χ4n) is 3.92. The predicted octanol–water partition coefficient (Wildman–Crippen LogP) is 3.54. The van der Waals surface area contributed by atoms with Gasteiger partial charge in [0.25, 0.3) is 5.91 Å². The molecule has 5 heteroatoms. The maximum atomic E-state index is 13.0. The van der Waals surface area contributed by atoms with Crippen molar-refractivity contribution in [3.63, 3.8) is 0 Å². The van der Waals surface area contributed by atoms with Crippen LogP contribution < -0.4 is 4.90 Å². The molecule has 1 aromatic carbocycles. The van der Waals surface area contributed by atoms with Gasteiger partial charge in [-0.3, -0.25) is 9.69 Å². The van der Waals surface area contributed by atoms with Crippen molar-refractivity contribution in [3.05, 3.63) is 29.8 Å². The molecule has 1 atom stereocenters. The molecular weight excluding hydrogens is 296 g/mol. The lowest BCUT2D eigenvalue weighted by Crippen LogP contribution is -2.48. The van der Waals surface area contributed by atoms with Gasteiger partial charge in [-0.1, -0.05) is 37.0 Å². The zero-order chi connectivity index (χ0) is 15.3. The Kier molecular flexibility index (Phi) is 3.22. The van der Waals surface area contributed by atoms with Crippen molar-refractivity contribution in [3.8, 4) is 0 Å². The van der Waals surface area contributed by atoms with Crippen LogP contribution in [0.3, 0.4) is 0 Å². The highest BCUT2D eigenvalue weighted by Gasteiger charge is 2.59. The normalized spacial score (nSPS) is 26.9. The summed E-state index contributed by atoms with van der Waals surface area (Å²) >= 11 is 1.82. The quantitative estimate of drug-likeness (QED) is 0.744. The van der Waals surface area contributed by atoms with Crippen LogP contribution in [0.2, 0.25) is 0 Å². The number of carbonyl (C=O) groups is 2. The standard InChI is InChI=1S/C17H20N2O2S/c1-12-5-7-13(8-6-12)18-15(20)14-11-22-17(19(14)16(18)21)9-3-2-4-10-17/h5-8,14H,2-4,9-11H2,1H3/t14-/m0/s1. The van der Waals surface area contributed by atoms with E-state index in [0.717, 1.165) is 37.0 Å². The van der Waals surface area contributed by atoms with Gasteiger partial charge in [-0.05, 0) is 31.9 Å². The number of hydrogen-bond acceptors (Lipinski definition) is 3. The van der Waals surface area contributed by atoms with Crippen LogP contribution in [0.5, 0.6) is 0 Å². The van der Waals surface area contributed by atoms with E-state index < -0.39 is 0 Å². The maximum Gasteiger partial charge on any atom is 0.333 e. The van der Waals surface area contributed by atoms with Gasteiger partial charge in [0.15, 0.2) is 0 Å².